The highest BCUT2D eigenvalue weighted by atomic mass is 16.2. The molecule has 0 spiro atoms. The number of carbonyl (C=O) groups is 1. The Bertz CT molecular complexity index is 1170. The van der Waals surface area contributed by atoms with Gasteiger partial charge >= 0.3 is 0 Å². The Balaban J connectivity index is 1.47. The average Bonchev–Trinajstić information content (AvgIpc) is 3.62. The second-order valence-electron chi connectivity index (χ2n) is 11.2. The fourth-order valence-electron chi connectivity index (χ4n) is 5.03. The number of para-hydroxylation sites is 1. The minimum Gasteiger partial charge on any atom is -0.332 e. The maximum Gasteiger partial charge on any atom is 0.254 e. The Labute approximate surface area is 209 Å². The van der Waals surface area contributed by atoms with Crippen LogP contribution in [0.5, 0.6) is 0 Å². The van der Waals surface area contributed by atoms with Crippen molar-refractivity contribution in [1.29, 1.82) is 0 Å². The molecule has 2 aliphatic rings. The topological polar surface area (TPSA) is 41.4 Å². The first-order valence-electron chi connectivity index (χ1n) is 13.1. The molecule has 35 heavy (non-hydrogen) atoms. The molecule has 184 valence electrons. The van der Waals surface area contributed by atoms with Crippen molar-refractivity contribution >= 4 is 5.91 Å². The average molecular weight is 471 g/mol. The SMILES string of the molecule is CCN1CCc2c(c(CN(CC3CC3)C(=O)c3ccc(C(C)(C)C)cc3)nn2-c2ccccc2)C1. The van der Waals surface area contributed by atoms with Gasteiger partial charge in [-0.2, -0.15) is 5.10 Å². The van der Waals surface area contributed by atoms with Crippen molar-refractivity contribution in [2.24, 2.45) is 5.92 Å². The van der Waals surface area contributed by atoms with Crippen LogP contribution >= 0.6 is 0 Å². The summed E-state index contributed by atoms with van der Waals surface area (Å²) in [6, 6.07) is 18.6. The van der Waals surface area contributed by atoms with E-state index in [1.165, 1.54) is 29.7 Å². The van der Waals surface area contributed by atoms with Crippen molar-refractivity contribution in [3.05, 3.63) is 82.7 Å². The van der Waals surface area contributed by atoms with E-state index in [1.807, 2.05) is 23.1 Å². The molecule has 0 radical (unpaired) electrons. The zero-order chi connectivity index (χ0) is 24.6. The first kappa shape index (κ1) is 23.8. The zero-order valence-electron chi connectivity index (χ0n) is 21.6. The lowest BCUT2D eigenvalue weighted by molar-refractivity contribution is 0.0731. The van der Waals surface area contributed by atoms with E-state index in [1.54, 1.807) is 0 Å². The van der Waals surface area contributed by atoms with Crippen LogP contribution in [0.15, 0.2) is 54.6 Å². The van der Waals surface area contributed by atoms with E-state index in [4.69, 9.17) is 5.10 Å². The highest BCUT2D eigenvalue weighted by Gasteiger charge is 2.31. The van der Waals surface area contributed by atoms with Crippen LogP contribution in [0.3, 0.4) is 0 Å². The smallest absolute Gasteiger partial charge is 0.254 e. The molecular weight excluding hydrogens is 432 g/mol. The summed E-state index contributed by atoms with van der Waals surface area (Å²) >= 11 is 0. The molecule has 1 aliphatic heterocycles. The van der Waals surface area contributed by atoms with Gasteiger partial charge in [0.05, 0.1) is 23.6 Å². The van der Waals surface area contributed by atoms with E-state index in [9.17, 15) is 4.79 Å². The predicted octanol–water partition coefficient (Wildman–Crippen LogP) is 5.60. The van der Waals surface area contributed by atoms with Gasteiger partial charge in [0.2, 0.25) is 0 Å². The maximum absolute atomic E-state index is 13.7. The van der Waals surface area contributed by atoms with Crippen molar-refractivity contribution in [3.63, 3.8) is 0 Å². The van der Waals surface area contributed by atoms with Crippen molar-refractivity contribution in [2.45, 2.75) is 65.5 Å². The largest absolute Gasteiger partial charge is 0.332 e. The lowest BCUT2D eigenvalue weighted by Gasteiger charge is -2.27. The summed E-state index contributed by atoms with van der Waals surface area (Å²) in [5, 5.41) is 5.12. The summed E-state index contributed by atoms with van der Waals surface area (Å²) in [4.78, 5) is 18.2. The van der Waals surface area contributed by atoms with Crippen LogP contribution in [0.1, 0.15) is 73.4 Å². The molecule has 1 saturated carbocycles. The van der Waals surface area contributed by atoms with Crippen molar-refractivity contribution in [2.75, 3.05) is 19.6 Å². The highest BCUT2D eigenvalue weighted by molar-refractivity contribution is 5.94. The van der Waals surface area contributed by atoms with Crippen LogP contribution < -0.4 is 0 Å². The third kappa shape index (κ3) is 5.20. The third-order valence-electron chi connectivity index (χ3n) is 7.47. The van der Waals surface area contributed by atoms with Crippen LogP contribution in [-0.2, 0) is 24.9 Å². The summed E-state index contributed by atoms with van der Waals surface area (Å²) in [5.41, 5.74) is 6.83. The molecule has 0 N–H and O–H groups in total. The van der Waals surface area contributed by atoms with Crippen LogP contribution in [0.25, 0.3) is 5.69 Å². The maximum atomic E-state index is 13.7. The number of likely N-dealkylation sites (N-methyl/N-ethyl adjacent to an activating group) is 1. The summed E-state index contributed by atoms with van der Waals surface area (Å²) in [5.74, 6) is 0.732. The van der Waals surface area contributed by atoms with Gasteiger partial charge in [-0.25, -0.2) is 4.68 Å². The lowest BCUT2D eigenvalue weighted by Crippen LogP contribution is -2.34. The fraction of sp³-hybridized carbons (Fsp3) is 0.467. The minimum absolute atomic E-state index is 0.0732. The van der Waals surface area contributed by atoms with E-state index < -0.39 is 0 Å². The van der Waals surface area contributed by atoms with Crippen LogP contribution in [0.2, 0.25) is 0 Å². The van der Waals surface area contributed by atoms with Gasteiger partial charge in [-0.3, -0.25) is 9.69 Å². The second-order valence-corrected chi connectivity index (χ2v) is 11.2. The number of hydrogen-bond acceptors (Lipinski definition) is 3. The van der Waals surface area contributed by atoms with Crippen molar-refractivity contribution in [1.82, 2.24) is 19.6 Å². The molecule has 2 aromatic carbocycles. The molecular formula is C30H38N4O. The van der Waals surface area contributed by atoms with Gasteiger partial charge in [0.15, 0.2) is 0 Å². The Morgan fingerprint density at radius 2 is 1.77 bits per heavy atom. The molecule has 2 heterocycles. The van der Waals surface area contributed by atoms with Crippen molar-refractivity contribution in [3.8, 4) is 5.69 Å². The zero-order valence-corrected chi connectivity index (χ0v) is 21.6. The first-order valence-corrected chi connectivity index (χ1v) is 13.1. The Hall–Kier alpha value is -2.92. The minimum atomic E-state index is 0.0732. The predicted molar refractivity (Wildman–Crippen MR) is 141 cm³/mol. The number of rotatable bonds is 7. The van der Waals surface area contributed by atoms with Crippen molar-refractivity contribution < 1.29 is 4.79 Å². The molecule has 0 unspecified atom stereocenters. The molecule has 1 amide bonds. The number of carbonyl (C=O) groups excluding carboxylic acids is 1. The van der Waals surface area contributed by atoms with Gasteiger partial charge in [-0.1, -0.05) is 58.0 Å². The summed E-state index contributed by atoms with van der Waals surface area (Å²) < 4.78 is 2.12. The molecule has 3 aromatic rings. The molecule has 5 rings (SSSR count). The second kappa shape index (κ2) is 9.62. The monoisotopic (exact) mass is 470 g/mol. The van der Waals surface area contributed by atoms with Crippen LogP contribution in [0.4, 0.5) is 0 Å². The Kier molecular flexibility index (Phi) is 6.54. The summed E-state index contributed by atoms with van der Waals surface area (Å²) in [6.07, 6.45) is 3.41. The summed E-state index contributed by atoms with van der Waals surface area (Å²) in [6.45, 7) is 13.2. The molecule has 1 fully saturated rings. The third-order valence-corrected chi connectivity index (χ3v) is 7.47. The molecule has 0 atom stereocenters. The fourth-order valence-corrected chi connectivity index (χ4v) is 5.03. The van der Waals surface area contributed by atoms with E-state index in [2.05, 4.69) is 73.7 Å². The van der Waals surface area contributed by atoms with Crippen LogP contribution in [-0.4, -0.2) is 45.1 Å². The lowest BCUT2D eigenvalue weighted by atomic mass is 9.86. The number of aromatic nitrogens is 2. The molecule has 0 saturated heterocycles. The first-order chi connectivity index (χ1) is 16.8. The van der Waals surface area contributed by atoms with E-state index in [0.29, 0.717) is 12.5 Å². The molecule has 1 aromatic heterocycles. The van der Waals surface area contributed by atoms with Gasteiger partial charge in [-0.15, -0.1) is 0 Å². The quantitative estimate of drug-likeness (QED) is 0.451. The molecule has 0 bridgehead atoms. The van der Waals surface area contributed by atoms with E-state index in [-0.39, 0.29) is 11.3 Å². The highest BCUT2D eigenvalue weighted by Crippen LogP contribution is 2.32. The van der Waals surface area contributed by atoms with Gasteiger partial charge < -0.3 is 4.90 Å². The Morgan fingerprint density at radius 1 is 1.06 bits per heavy atom. The van der Waals surface area contributed by atoms with Gasteiger partial charge in [0.1, 0.15) is 0 Å². The normalized spacial score (nSPS) is 16.2. The number of amides is 1. The van der Waals surface area contributed by atoms with Gasteiger partial charge in [0, 0.05) is 37.2 Å². The van der Waals surface area contributed by atoms with E-state index in [0.717, 1.165) is 49.5 Å². The standard InChI is InChI=1S/C30H38N4O/c1-5-32-18-17-28-26(20-32)27(31-34(28)25-9-7-6-8-10-25)21-33(19-22-11-12-22)29(35)23-13-15-24(16-14-23)30(2,3)4/h6-10,13-16,22H,5,11-12,17-21H2,1-4H3. The van der Waals surface area contributed by atoms with Gasteiger partial charge in [-0.05, 0) is 60.5 Å². The number of nitrogens with zero attached hydrogens (tertiary/aromatic N) is 4. The van der Waals surface area contributed by atoms with E-state index >= 15 is 0 Å². The van der Waals surface area contributed by atoms with Gasteiger partial charge in [0.25, 0.3) is 5.91 Å². The molecule has 5 heteroatoms. The summed E-state index contributed by atoms with van der Waals surface area (Å²) in [7, 11) is 0. The number of benzene rings is 2. The number of fused-ring (bicyclic) bond motifs is 1. The molecule has 1 aliphatic carbocycles. The Morgan fingerprint density at radius 3 is 2.40 bits per heavy atom. The van der Waals surface area contributed by atoms with Crippen LogP contribution in [0, 0.1) is 5.92 Å². The molecule has 5 nitrogen and oxygen atoms in total. The number of hydrogen-bond donors (Lipinski definition) is 0.